The minimum Gasteiger partial charge on any atom is -0.428 e. The van der Waals surface area contributed by atoms with Gasteiger partial charge in [0.2, 0.25) is 6.79 Å². The third kappa shape index (κ3) is 7.45. The normalized spacial score (nSPS) is 9.08. The summed E-state index contributed by atoms with van der Waals surface area (Å²) in [5.41, 5.74) is 0. The zero-order valence-corrected chi connectivity index (χ0v) is 8.30. The first-order chi connectivity index (χ1) is 6.20. The van der Waals surface area contributed by atoms with Crippen LogP contribution in [-0.4, -0.2) is 31.2 Å². The predicted octanol–water partition coefficient (Wildman–Crippen LogP) is 0.553. The van der Waals surface area contributed by atoms with E-state index in [1.165, 1.54) is 0 Å². The predicted molar refractivity (Wildman–Crippen MR) is 49.6 cm³/mol. The molecule has 0 aromatic heterocycles. The smallest absolute Gasteiger partial charge is 0.410 e. The Morgan fingerprint density at radius 3 is 2.62 bits per heavy atom. The molecule has 0 fully saturated rings. The fraction of sp³-hybridized carbons (Fsp3) is 0.714. The Morgan fingerprint density at radius 2 is 2.08 bits per heavy atom. The van der Waals surface area contributed by atoms with E-state index in [4.69, 9.17) is 0 Å². The van der Waals surface area contributed by atoms with Crippen LogP contribution in [0.25, 0.3) is 0 Å². The first-order valence-electron chi connectivity index (χ1n) is 3.87. The number of thiol groups is 1. The second-order valence-corrected chi connectivity index (χ2v) is 2.52. The Balaban J connectivity index is 3.31. The van der Waals surface area contributed by atoms with Crippen LogP contribution in [0.4, 0.5) is 4.79 Å². The van der Waals surface area contributed by atoms with Gasteiger partial charge in [0.05, 0.1) is 0 Å². The van der Waals surface area contributed by atoms with Crippen molar-refractivity contribution in [1.29, 1.82) is 0 Å². The molecule has 13 heavy (non-hydrogen) atoms. The number of carbonyl (C=O) groups excluding carboxylic acids is 2. The first kappa shape index (κ1) is 12.1. The highest BCUT2D eigenvalue weighted by Crippen LogP contribution is 1.85. The molecule has 76 valence electrons. The zero-order chi connectivity index (χ0) is 10.1. The Labute approximate surface area is 82.2 Å². The van der Waals surface area contributed by atoms with Gasteiger partial charge in [0, 0.05) is 18.7 Å². The Morgan fingerprint density at radius 1 is 1.38 bits per heavy atom. The molecule has 1 N–H and O–H groups in total. The Bertz CT molecular complexity index is 174. The maximum Gasteiger partial charge on any atom is 0.410 e. The third-order valence-corrected chi connectivity index (χ3v) is 1.30. The molecule has 0 saturated carbocycles. The van der Waals surface area contributed by atoms with E-state index in [1.807, 2.05) is 0 Å². The van der Waals surface area contributed by atoms with Gasteiger partial charge in [-0.2, -0.15) is 12.6 Å². The number of hydrogen-bond acceptors (Lipinski definition) is 5. The van der Waals surface area contributed by atoms with Crippen molar-refractivity contribution in [3.8, 4) is 0 Å². The minimum atomic E-state index is -0.613. The van der Waals surface area contributed by atoms with Crippen molar-refractivity contribution < 1.29 is 19.1 Å². The molecule has 0 spiro atoms. The molecule has 0 bridgehead atoms. The summed E-state index contributed by atoms with van der Waals surface area (Å²) in [6.07, 6.45) is -0.348. The molecule has 0 unspecified atom stereocenters. The molecule has 0 aliphatic heterocycles. The standard InChI is InChI=1S/C7H13NO4S/c1-2-6(9)11-5-12-7(10)8-3-4-13/h13H,2-5H2,1H3,(H,8,10). The highest BCUT2D eigenvalue weighted by Gasteiger charge is 2.02. The van der Waals surface area contributed by atoms with Crippen molar-refractivity contribution in [3.63, 3.8) is 0 Å². The van der Waals surface area contributed by atoms with Gasteiger partial charge >= 0.3 is 12.1 Å². The minimum absolute atomic E-state index is 0.265. The topological polar surface area (TPSA) is 64.6 Å². The summed E-state index contributed by atoms with van der Waals surface area (Å²) in [6.45, 7) is 1.73. The number of carbonyl (C=O) groups is 2. The number of alkyl carbamates (subject to hydrolysis) is 1. The average molecular weight is 207 g/mol. The summed E-state index contributed by atoms with van der Waals surface area (Å²) < 4.78 is 8.99. The van der Waals surface area contributed by atoms with Crippen LogP contribution in [0.15, 0.2) is 0 Å². The van der Waals surface area contributed by atoms with Gasteiger partial charge in [-0.1, -0.05) is 6.92 Å². The molecule has 0 aromatic rings. The highest BCUT2D eigenvalue weighted by atomic mass is 32.1. The van der Waals surface area contributed by atoms with E-state index in [9.17, 15) is 9.59 Å². The lowest BCUT2D eigenvalue weighted by Crippen LogP contribution is -2.27. The van der Waals surface area contributed by atoms with Crippen molar-refractivity contribution in [2.45, 2.75) is 13.3 Å². The van der Waals surface area contributed by atoms with E-state index in [-0.39, 0.29) is 13.2 Å². The van der Waals surface area contributed by atoms with Crippen LogP contribution >= 0.6 is 12.6 Å². The summed E-state index contributed by atoms with van der Waals surface area (Å²) >= 11 is 3.88. The molecule has 0 rings (SSSR count). The Kier molecular flexibility index (Phi) is 7.18. The van der Waals surface area contributed by atoms with Gasteiger partial charge in [-0.15, -0.1) is 0 Å². The van der Waals surface area contributed by atoms with Crippen LogP contribution in [-0.2, 0) is 14.3 Å². The van der Waals surface area contributed by atoms with Gasteiger partial charge in [0.25, 0.3) is 0 Å². The quantitative estimate of drug-likeness (QED) is 0.392. The number of rotatable bonds is 5. The monoisotopic (exact) mass is 207 g/mol. The van der Waals surface area contributed by atoms with E-state index in [2.05, 4.69) is 27.4 Å². The van der Waals surface area contributed by atoms with Crippen LogP contribution in [0.1, 0.15) is 13.3 Å². The molecular formula is C7H13NO4S. The number of amides is 1. The number of ether oxygens (including phenoxy) is 2. The highest BCUT2D eigenvalue weighted by molar-refractivity contribution is 7.80. The van der Waals surface area contributed by atoms with E-state index in [1.54, 1.807) is 6.92 Å². The lowest BCUT2D eigenvalue weighted by Gasteiger charge is -2.05. The molecule has 6 heteroatoms. The van der Waals surface area contributed by atoms with Crippen molar-refractivity contribution in [1.82, 2.24) is 5.32 Å². The maximum absolute atomic E-state index is 10.7. The summed E-state index contributed by atoms with van der Waals surface area (Å²) in [6, 6.07) is 0. The summed E-state index contributed by atoms with van der Waals surface area (Å²) in [4.78, 5) is 21.3. The molecule has 0 atom stereocenters. The van der Waals surface area contributed by atoms with Crippen LogP contribution in [0.5, 0.6) is 0 Å². The molecule has 0 saturated heterocycles. The largest absolute Gasteiger partial charge is 0.428 e. The third-order valence-electron chi connectivity index (χ3n) is 1.08. The number of hydrogen-bond donors (Lipinski definition) is 2. The molecule has 0 heterocycles. The van der Waals surface area contributed by atoms with Gasteiger partial charge in [0.15, 0.2) is 0 Å². The van der Waals surface area contributed by atoms with Gasteiger partial charge in [-0.25, -0.2) is 4.79 Å². The number of nitrogens with one attached hydrogen (secondary N) is 1. The SMILES string of the molecule is CCC(=O)OCOC(=O)NCCS. The van der Waals surface area contributed by atoms with E-state index >= 15 is 0 Å². The van der Waals surface area contributed by atoms with Crippen molar-refractivity contribution >= 4 is 24.7 Å². The molecular weight excluding hydrogens is 194 g/mol. The van der Waals surface area contributed by atoms with Crippen LogP contribution in [0, 0.1) is 0 Å². The summed E-state index contributed by atoms with van der Waals surface area (Å²) in [7, 11) is 0. The fourth-order valence-corrected chi connectivity index (χ4v) is 0.572. The lowest BCUT2D eigenvalue weighted by molar-refractivity contribution is -0.151. The molecule has 0 aliphatic carbocycles. The Hall–Kier alpha value is -0.910. The number of esters is 1. The second kappa shape index (κ2) is 7.72. The molecule has 5 nitrogen and oxygen atoms in total. The van der Waals surface area contributed by atoms with Gasteiger partial charge in [0.1, 0.15) is 0 Å². The molecule has 0 radical (unpaired) electrons. The van der Waals surface area contributed by atoms with Crippen LogP contribution in [0.2, 0.25) is 0 Å². The lowest BCUT2D eigenvalue weighted by atomic mass is 10.5. The molecule has 1 amide bonds. The summed E-state index contributed by atoms with van der Waals surface area (Å²) in [5.74, 6) is 0.131. The van der Waals surface area contributed by atoms with Crippen molar-refractivity contribution in [3.05, 3.63) is 0 Å². The van der Waals surface area contributed by atoms with Gasteiger partial charge < -0.3 is 14.8 Å². The van der Waals surface area contributed by atoms with Crippen molar-refractivity contribution in [2.24, 2.45) is 0 Å². The van der Waals surface area contributed by atoms with Crippen LogP contribution < -0.4 is 5.32 Å². The van der Waals surface area contributed by atoms with E-state index in [0.717, 1.165) is 0 Å². The fourth-order valence-electron chi connectivity index (χ4n) is 0.460. The molecule has 0 aliphatic rings. The van der Waals surface area contributed by atoms with Gasteiger partial charge in [-0.3, -0.25) is 4.79 Å². The van der Waals surface area contributed by atoms with Crippen molar-refractivity contribution in [2.75, 3.05) is 19.1 Å². The average Bonchev–Trinajstić information content (AvgIpc) is 2.14. The maximum atomic E-state index is 10.7. The van der Waals surface area contributed by atoms with Crippen LogP contribution in [0.3, 0.4) is 0 Å². The van der Waals surface area contributed by atoms with E-state index < -0.39 is 12.1 Å². The second-order valence-electron chi connectivity index (χ2n) is 2.07. The molecule has 0 aromatic carbocycles. The zero-order valence-electron chi connectivity index (χ0n) is 7.41. The van der Waals surface area contributed by atoms with Gasteiger partial charge in [-0.05, 0) is 0 Å². The van der Waals surface area contributed by atoms with E-state index in [0.29, 0.717) is 12.3 Å². The summed E-state index contributed by atoms with van der Waals surface area (Å²) in [5, 5.41) is 2.40. The first-order valence-corrected chi connectivity index (χ1v) is 4.51.